The van der Waals surface area contributed by atoms with Gasteiger partial charge in [-0.05, 0) is 67.0 Å². The standard InChI is InChI=1S/C30H33ClF3N5O5S/c1-3-43-27(40)23-16-29(17-36-23)9-11-39(12-10-29)24-15-25(38-28(35)37-24)44-26(30(32,33)34)22-14-19(31)7-8-21(22)18-5-4-6-20(13-18)45(2,41)42/h4-8,13-15,23,26,36H,3,9-12,16-17H2,1-2H3,(H2,35,37,38)/t23-,26+/m0/s1. The first-order valence-electron chi connectivity index (χ1n) is 14.3. The summed E-state index contributed by atoms with van der Waals surface area (Å²) in [5, 5.41) is 3.28. The molecule has 0 amide bonds. The Labute approximate surface area is 264 Å². The van der Waals surface area contributed by atoms with Crippen LogP contribution in [0.3, 0.4) is 0 Å². The van der Waals surface area contributed by atoms with Crippen molar-refractivity contribution >= 4 is 39.2 Å². The Morgan fingerprint density at radius 2 is 1.91 bits per heavy atom. The normalized spacial score (nSPS) is 19.0. The third-order valence-electron chi connectivity index (χ3n) is 8.19. The molecule has 45 heavy (non-hydrogen) atoms. The molecule has 1 aromatic heterocycles. The van der Waals surface area contributed by atoms with E-state index in [0.29, 0.717) is 38.5 Å². The zero-order chi connectivity index (χ0) is 32.6. The second-order valence-electron chi connectivity index (χ2n) is 11.4. The highest BCUT2D eigenvalue weighted by Gasteiger charge is 2.46. The number of carbonyl (C=O) groups excluding carboxylic acids is 1. The Morgan fingerprint density at radius 3 is 2.58 bits per heavy atom. The van der Waals surface area contributed by atoms with E-state index in [0.717, 1.165) is 25.2 Å². The first-order valence-corrected chi connectivity index (χ1v) is 16.6. The predicted octanol–water partition coefficient (Wildman–Crippen LogP) is 4.98. The number of aromatic nitrogens is 2. The largest absolute Gasteiger partial charge is 0.465 e. The van der Waals surface area contributed by atoms with Crippen LogP contribution in [-0.4, -0.2) is 69.1 Å². The molecule has 2 saturated heterocycles. The van der Waals surface area contributed by atoms with Gasteiger partial charge in [-0.15, -0.1) is 0 Å². The second-order valence-corrected chi connectivity index (χ2v) is 13.8. The zero-order valence-corrected chi connectivity index (χ0v) is 26.2. The van der Waals surface area contributed by atoms with Gasteiger partial charge in [0.2, 0.25) is 17.9 Å². The molecule has 10 nitrogen and oxygen atoms in total. The summed E-state index contributed by atoms with van der Waals surface area (Å²) in [7, 11) is -3.63. The lowest BCUT2D eigenvalue weighted by Crippen LogP contribution is -2.41. The molecule has 2 fully saturated rings. The van der Waals surface area contributed by atoms with Gasteiger partial charge in [-0.2, -0.15) is 23.1 Å². The Morgan fingerprint density at radius 1 is 1.18 bits per heavy atom. The maximum absolute atomic E-state index is 14.7. The Kier molecular flexibility index (Phi) is 9.20. The fourth-order valence-electron chi connectivity index (χ4n) is 5.91. The number of esters is 1. The van der Waals surface area contributed by atoms with Gasteiger partial charge >= 0.3 is 12.1 Å². The molecular formula is C30H33ClF3N5O5S. The SMILES string of the molecule is CCOC(=O)[C@@H]1CC2(CCN(c3cc(O[C@H](c4cc(Cl)ccc4-c4cccc(S(C)(=O)=O)c4)C(F)(F)F)nc(N)n3)CC2)CN1. The molecule has 0 bridgehead atoms. The lowest BCUT2D eigenvalue weighted by atomic mass is 9.76. The number of piperidine rings is 1. The number of nitrogens with zero attached hydrogens (tertiary/aromatic N) is 3. The van der Waals surface area contributed by atoms with Crippen LogP contribution in [0.1, 0.15) is 37.9 Å². The maximum atomic E-state index is 14.7. The van der Waals surface area contributed by atoms with Crippen LogP contribution in [0, 0.1) is 5.41 Å². The van der Waals surface area contributed by atoms with Gasteiger partial charge < -0.3 is 25.4 Å². The van der Waals surface area contributed by atoms with Crippen molar-refractivity contribution in [2.75, 3.05) is 43.1 Å². The van der Waals surface area contributed by atoms with E-state index in [-0.39, 0.29) is 55.9 Å². The molecule has 1 spiro atoms. The molecule has 2 aromatic carbocycles. The first kappa shape index (κ1) is 32.8. The number of anilines is 2. The van der Waals surface area contributed by atoms with Gasteiger partial charge in [-0.3, -0.25) is 4.79 Å². The summed E-state index contributed by atoms with van der Waals surface area (Å²) in [5.74, 6) is -0.609. The molecule has 2 aliphatic rings. The molecule has 2 atom stereocenters. The van der Waals surface area contributed by atoms with Crippen molar-refractivity contribution in [1.82, 2.24) is 15.3 Å². The van der Waals surface area contributed by atoms with E-state index in [1.54, 1.807) is 6.92 Å². The number of benzene rings is 2. The molecule has 0 aliphatic carbocycles. The number of nitrogen functional groups attached to an aromatic ring is 1. The maximum Gasteiger partial charge on any atom is 0.429 e. The molecule has 3 heterocycles. The third kappa shape index (κ3) is 7.45. The van der Waals surface area contributed by atoms with Crippen molar-refractivity contribution in [2.45, 2.75) is 49.4 Å². The number of hydrogen-bond donors (Lipinski definition) is 2. The number of ether oxygens (including phenoxy) is 2. The number of carbonyl (C=O) groups is 1. The number of sulfone groups is 1. The van der Waals surface area contributed by atoms with Crippen molar-refractivity contribution in [1.29, 1.82) is 0 Å². The van der Waals surface area contributed by atoms with Crippen molar-refractivity contribution < 1.29 is 35.9 Å². The Hall–Kier alpha value is -3.62. The highest BCUT2D eigenvalue weighted by atomic mass is 35.5. The van der Waals surface area contributed by atoms with E-state index < -0.39 is 22.1 Å². The molecular weight excluding hydrogens is 635 g/mol. The molecule has 5 rings (SSSR count). The van der Waals surface area contributed by atoms with E-state index >= 15 is 0 Å². The van der Waals surface area contributed by atoms with Gasteiger partial charge in [0.15, 0.2) is 9.84 Å². The Balaban J connectivity index is 1.41. The minimum absolute atomic E-state index is 0.0302. The number of nitrogens with one attached hydrogen (secondary N) is 1. The highest BCUT2D eigenvalue weighted by molar-refractivity contribution is 7.90. The van der Waals surface area contributed by atoms with Crippen molar-refractivity contribution in [3.8, 4) is 17.0 Å². The van der Waals surface area contributed by atoms with Gasteiger partial charge in [0.1, 0.15) is 11.9 Å². The van der Waals surface area contributed by atoms with Crippen LogP contribution in [0.4, 0.5) is 24.9 Å². The molecule has 0 radical (unpaired) electrons. The smallest absolute Gasteiger partial charge is 0.429 e. The summed E-state index contributed by atoms with van der Waals surface area (Å²) < 4.78 is 79.0. The topological polar surface area (TPSA) is 137 Å². The lowest BCUT2D eigenvalue weighted by molar-refractivity contribution is -0.198. The number of halogens is 4. The highest BCUT2D eigenvalue weighted by Crippen LogP contribution is 2.44. The van der Waals surface area contributed by atoms with Crippen LogP contribution in [0.5, 0.6) is 5.88 Å². The minimum atomic E-state index is -4.92. The van der Waals surface area contributed by atoms with Crippen molar-refractivity contribution in [3.05, 3.63) is 59.1 Å². The van der Waals surface area contributed by atoms with Crippen LogP contribution in [-0.2, 0) is 19.4 Å². The predicted molar refractivity (Wildman–Crippen MR) is 163 cm³/mol. The molecule has 0 unspecified atom stereocenters. The van der Waals surface area contributed by atoms with Gasteiger partial charge in [-0.1, -0.05) is 29.8 Å². The van der Waals surface area contributed by atoms with E-state index in [9.17, 15) is 26.4 Å². The molecule has 0 saturated carbocycles. The van der Waals surface area contributed by atoms with Crippen LogP contribution >= 0.6 is 11.6 Å². The third-order valence-corrected chi connectivity index (χ3v) is 9.54. The number of hydrogen-bond acceptors (Lipinski definition) is 10. The quantitative estimate of drug-likeness (QED) is 0.317. The van der Waals surface area contributed by atoms with E-state index in [1.807, 2.05) is 4.90 Å². The summed E-state index contributed by atoms with van der Waals surface area (Å²) in [6.07, 6.45) is -4.34. The molecule has 242 valence electrons. The summed E-state index contributed by atoms with van der Waals surface area (Å²) in [6, 6.07) is 10.5. The fraction of sp³-hybridized carbons (Fsp3) is 0.433. The molecule has 15 heteroatoms. The average Bonchev–Trinajstić information content (AvgIpc) is 3.38. The second kappa shape index (κ2) is 12.6. The van der Waals surface area contributed by atoms with Crippen LogP contribution in [0.25, 0.3) is 11.1 Å². The number of alkyl halides is 3. The van der Waals surface area contributed by atoms with Gasteiger partial charge in [-0.25, -0.2) is 8.42 Å². The van der Waals surface area contributed by atoms with Gasteiger partial charge in [0, 0.05) is 42.5 Å². The summed E-state index contributed by atoms with van der Waals surface area (Å²) >= 11 is 6.15. The monoisotopic (exact) mass is 667 g/mol. The summed E-state index contributed by atoms with van der Waals surface area (Å²) in [4.78, 5) is 22.3. The zero-order valence-electron chi connectivity index (χ0n) is 24.6. The van der Waals surface area contributed by atoms with Gasteiger partial charge in [0.05, 0.1) is 11.5 Å². The first-order chi connectivity index (χ1) is 21.2. The number of rotatable bonds is 8. The van der Waals surface area contributed by atoms with Gasteiger partial charge in [0.25, 0.3) is 0 Å². The summed E-state index contributed by atoms with van der Waals surface area (Å²) in [6.45, 7) is 3.79. The van der Waals surface area contributed by atoms with Crippen LogP contribution in [0.2, 0.25) is 5.02 Å². The molecule has 2 aliphatic heterocycles. The Bertz CT molecular complexity index is 1680. The summed E-state index contributed by atoms with van der Waals surface area (Å²) in [5.41, 5.74) is 5.82. The molecule has 3 N–H and O–H groups in total. The van der Waals surface area contributed by atoms with Crippen molar-refractivity contribution in [2.24, 2.45) is 5.41 Å². The van der Waals surface area contributed by atoms with Crippen molar-refractivity contribution in [3.63, 3.8) is 0 Å². The van der Waals surface area contributed by atoms with E-state index in [2.05, 4.69) is 15.3 Å². The van der Waals surface area contributed by atoms with Crippen LogP contribution < -0.4 is 20.7 Å². The lowest BCUT2D eigenvalue weighted by Gasteiger charge is -2.39. The van der Waals surface area contributed by atoms with E-state index in [1.165, 1.54) is 42.5 Å². The average molecular weight is 668 g/mol. The molecule has 3 aromatic rings. The van der Waals surface area contributed by atoms with Crippen LogP contribution in [0.15, 0.2) is 53.4 Å². The minimum Gasteiger partial charge on any atom is -0.465 e. The number of nitrogens with two attached hydrogens (primary N) is 1. The fourth-order valence-corrected chi connectivity index (χ4v) is 6.75. The van der Waals surface area contributed by atoms with E-state index in [4.69, 9.17) is 26.8 Å².